The Morgan fingerprint density at radius 1 is 1.41 bits per heavy atom. The highest BCUT2D eigenvalue weighted by atomic mass is 127. The van der Waals surface area contributed by atoms with E-state index < -0.39 is 5.97 Å². The van der Waals surface area contributed by atoms with Gasteiger partial charge < -0.3 is 14.3 Å². The average Bonchev–Trinajstić information content (AvgIpc) is 2.74. The molecule has 2 rings (SSSR count). The molecule has 118 valence electrons. The van der Waals surface area contributed by atoms with E-state index in [9.17, 15) is 4.79 Å². The zero-order valence-electron chi connectivity index (χ0n) is 13.0. The van der Waals surface area contributed by atoms with Gasteiger partial charge in [-0.2, -0.15) is 0 Å². The van der Waals surface area contributed by atoms with Crippen LogP contribution in [-0.2, 0) is 9.63 Å². The highest BCUT2D eigenvalue weighted by Gasteiger charge is 2.22. The van der Waals surface area contributed by atoms with Gasteiger partial charge in [0.1, 0.15) is 0 Å². The number of carbonyl (C=O) groups is 1. The highest BCUT2D eigenvalue weighted by Crippen LogP contribution is 2.35. The molecule has 0 saturated heterocycles. The summed E-state index contributed by atoms with van der Waals surface area (Å²) in [5, 5.41) is 3.67. The van der Waals surface area contributed by atoms with Crippen LogP contribution in [0.1, 0.15) is 33.3 Å². The van der Waals surface area contributed by atoms with E-state index in [1.807, 2.05) is 32.9 Å². The molecule has 0 aromatic heterocycles. The number of rotatable bonds is 5. The van der Waals surface area contributed by atoms with Crippen LogP contribution < -0.4 is 9.47 Å². The highest BCUT2D eigenvalue weighted by molar-refractivity contribution is 14.1. The van der Waals surface area contributed by atoms with E-state index in [1.165, 1.54) is 0 Å². The Kier molecular flexibility index (Phi) is 5.44. The van der Waals surface area contributed by atoms with Crippen molar-refractivity contribution in [1.29, 1.82) is 0 Å². The van der Waals surface area contributed by atoms with Gasteiger partial charge in [-0.1, -0.05) is 5.16 Å². The number of benzene rings is 1. The Labute approximate surface area is 143 Å². The van der Waals surface area contributed by atoms with E-state index in [-0.39, 0.29) is 6.10 Å². The summed E-state index contributed by atoms with van der Waals surface area (Å²) in [5.41, 5.74) is 1.86. The topological polar surface area (TPSA) is 57.1 Å². The van der Waals surface area contributed by atoms with Crippen molar-refractivity contribution >= 4 is 40.3 Å². The molecule has 5 nitrogen and oxygen atoms in total. The van der Waals surface area contributed by atoms with Gasteiger partial charge in [-0.05, 0) is 74.1 Å². The summed E-state index contributed by atoms with van der Waals surface area (Å²) in [6, 6.07) is 3.79. The second kappa shape index (κ2) is 7.13. The Morgan fingerprint density at radius 3 is 2.68 bits per heavy atom. The molecule has 0 N–H and O–H groups in total. The maximum Gasteiger partial charge on any atom is 0.367 e. The molecule has 0 bridgehead atoms. The van der Waals surface area contributed by atoms with Crippen molar-refractivity contribution in [3.63, 3.8) is 0 Å². The molecule has 0 amide bonds. The lowest BCUT2D eigenvalue weighted by molar-refractivity contribution is -0.136. The molecule has 1 heterocycles. The van der Waals surface area contributed by atoms with Crippen LogP contribution in [0.5, 0.6) is 11.5 Å². The van der Waals surface area contributed by atoms with Crippen LogP contribution in [0.3, 0.4) is 0 Å². The van der Waals surface area contributed by atoms with Crippen molar-refractivity contribution in [2.24, 2.45) is 5.16 Å². The molecule has 22 heavy (non-hydrogen) atoms. The zero-order valence-corrected chi connectivity index (χ0v) is 15.1. The van der Waals surface area contributed by atoms with E-state index >= 15 is 0 Å². The van der Waals surface area contributed by atoms with Gasteiger partial charge in [0.25, 0.3) is 0 Å². The first-order valence-electron chi connectivity index (χ1n) is 7.03. The molecule has 0 atom stereocenters. The Hall–Kier alpha value is -1.57. The van der Waals surface area contributed by atoms with Crippen LogP contribution in [0.25, 0.3) is 6.08 Å². The fraction of sp³-hybridized carbons (Fsp3) is 0.375. The number of halogens is 1. The number of ether oxygens (including phenoxy) is 2. The molecule has 0 fully saturated rings. The number of hydrogen-bond donors (Lipinski definition) is 0. The second-order valence-corrected chi connectivity index (χ2v) is 6.21. The van der Waals surface area contributed by atoms with Crippen molar-refractivity contribution in [3.05, 3.63) is 26.8 Å². The summed E-state index contributed by atoms with van der Waals surface area (Å²) < 4.78 is 12.4. The van der Waals surface area contributed by atoms with Crippen LogP contribution in [-0.4, -0.2) is 24.4 Å². The normalized spacial score (nSPS) is 16.0. The van der Waals surface area contributed by atoms with Gasteiger partial charge in [-0.25, -0.2) is 4.79 Å². The maximum absolute atomic E-state index is 11.6. The van der Waals surface area contributed by atoms with E-state index in [0.717, 1.165) is 14.9 Å². The molecular formula is C16H18INO4. The lowest BCUT2D eigenvalue weighted by Gasteiger charge is -2.17. The van der Waals surface area contributed by atoms with Crippen LogP contribution in [0.15, 0.2) is 22.9 Å². The molecule has 0 saturated carbocycles. The summed E-state index contributed by atoms with van der Waals surface area (Å²) >= 11 is 2.20. The molecule has 1 aliphatic heterocycles. The molecule has 1 aliphatic rings. The standard InChI is InChI=1S/C16H18INO4/c1-5-20-14-8-11(6-12-10(4)18-22-16(12)19)7-13(17)15(14)21-9(2)3/h6-9H,5H2,1-4H3/b12-6-. The van der Waals surface area contributed by atoms with E-state index in [0.29, 0.717) is 23.6 Å². The van der Waals surface area contributed by atoms with Crippen molar-refractivity contribution in [3.8, 4) is 11.5 Å². The number of oxime groups is 1. The summed E-state index contributed by atoms with van der Waals surface area (Å²) in [5.74, 6) is 0.947. The van der Waals surface area contributed by atoms with Crippen molar-refractivity contribution < 1.29 is 19.1 Å². The Bertz CT molecular complexity index is 650. The minimum atomic E-state index is -0.437. The smallest absolute Gasteiger partial charge is 0.367 e. The van der Waals surface area contributed by atoms with Crippen molar-refractivity contribution in [1.82, 2.24) is 0 Å². The minimum absolute atomic E-state index is 0.0520. The lowest BCUT2D eigenvalue weighted by Crippen LogP contribution is -2.09. The fourth-order valence-electron chi connectivity index (χ4n) is 1.97. The monoisotopic (exact) mass is 415 g/mol. The van der Waals surface area contributed by atoms with Gasteiger partial charge >= 0.3 is 5.97 Å². The predicted octanol–water partition coefficient (Wildman–Crippen LogP) is 3.79. The van der Waals surface area contributed by atoms with Gasteiger partial charge in [0, 0.05) is 0 Å². The molecule has 6 heteroatoms. The van der Waals surface area contributed by atoms with Gasteiger partial charge in [-0.3, -0.25) is 0 Å². The molecule has 0 aliphatic carbocycles. The van der Waals surface area contributed by atoms with Crippen LogP contribution >= 0.6 is 22.6 Å². The van der Waals surface area contributed by atoms with Gasteiger partial charge in [0.15, 0.2) is 11.5 Å². The fourth-order valence-corrected chi connectivity index (χ4v) is 2.72. The third-order valence-corrected chi connectivity index (χ3v) is 3.67. The zero-order chi connectivity index (χ0) is 16.3. The van der Waals surface area contributed by atoms with Gasteiger partial charge in [0.2, 0.25) is 0 Å². The third kappa shape index (κ3) is 3.79. The number of carbonyl (C=O) groups excluding carboxylic acids is 1. The van der Waals surface area contributed by atoms with E-state index in [1.54, 1.807) is 13.0 Å². The van der Waals surface area contributed by atoms with Crippen LogP contribution in [0, 0.1) is 3.57 Å². The van der Waals surface area contributed by atoms with Crippen molar-refractivity contribution in [2.75, 3.05) is 6.61 Å². The quantitative estimate of drug-likeness (QED) is 0.417. The molecule has 1 aromatic rings. The summed E-state index contributed by atoms with van der Waals surface area (Å²) in [6.45, 7) is 8.13. The number of nitrogens with zero attached hydrogens (tertiary/aromatic N) is 1. The van der Waals surface area contributed by atoms with Crippen LogP contribution in [0.4, 0.5) is 0 Å². The van der Waals surface area contributed by atoms with Crippen LogP contribution in [0.2, 0.25) is 0 Å². The van der Waals surface area contributed by atoms with Gasteiger partial charge in [0.05, 0.1) is 27.6 Å². The number of hydrogen-bond acceptors (Lipinski definition) is 5. The van der Waals surface area contributed by atoms with E-state index in [2.05, 4.69) is 32.6 Å². The average molecular weight is 415 g/mol. The third-order valence-electron chi connectivity index (χ3n) is 2.87. The lowest BCUT2D eigenvalue weighted by atomic mass is 10.1. The largest absolute Gasteiger partial charge is 0.490 e. The first-order valence-corrected chi connectivity index (χ1v) is 8.11. The van der Waals surface area contributed by atoms with E-state index in [4.69, 9.17) is 9.47 Å². The summed E-state index contributed by atoms with van der Waals surface area (Å²) in [6.07, 6.45) is 1.80. The Morgan fingerprint density at radius 2 is 2.14 bits per heavy atom. The first-order chi connectivity index (χ1) is 10.4. The maximum atomic E-state index is 11.6. The molecule has 0 radical (unpaired) electrons. The Balaban J connectivity index is 2.44. The predicted molar refractivity (Wildman–Crippen MR) is 93.3 cm³/mol. The summed E-state index contributed by atoms with van der Waals surface area (Å²) in [7, 11) is 0. The summed E-state index contributed by atoms with van der Waals surface area (Å²) in [4.78, 5) is 16.3. The SMILES string of the molecule is CCOc1cc(/C=C2\C(=O)ON=C2C)cc(I)c1OC(C)C. The van der Waals surface area contributed by atoms with Gasteiger partial charge in [-0.15, -0.1) is 0 Å². The second-order valence-electron chi connectivity index (χ2n) is 5.04. The first kappa shape index (κ1) is 16.8. The molecule has 0 unspecified atom stereocenters. The van der Waals surface area contributed by atoms with Crippen molar-refractivity contribution in [2.45, 2.75) is 33.8 Å². The minimum Gasteiger partial charge on any atom is -0.490 e. The molecular weight excluding hydrogens is 397 g/mol. The molecule has 0 spiro atoms. The molecule has 1 aromatic carbocycles.